The van der Waals surface area contributed by atoms with E-state index in [-0.39, 0.29) is 23.8 Å². The van der Waals surface area contributed by atoms with Crippen LogP contribution in [0.1, 0.15) is 26.7 Å². The average Bonchev–Trinajstić information content (AvgIpc) is 2.56. The van der Waals surface area contributed by atoms with Crippen molar-refractivity contribution in [2.75, 3.05) is 25.0 Å². The van der Waals surface area contributed by atoms with Crippen LogP contribution in [-0.2, 0) is 14.3 Å². The van der Waals surface area contributed by atoms with E-state index in [0.717, 1.165) is 34.4 Å². The monoisotopic (exact) mass is 383 g/mol. The number of piperidine rings is 1. The largest absolute Gasteiger partial charge is 0.466 e. The topological polar surface area (TPSA) is 59.8 Å². The Hall–Kier alpha value is -1.40. The molecule has 1 heterocycles. The Kier molecular flexibility index (Phi) is 6.59. The zero-order valence-corrected chi connectivity index (χ0v) is 15.2. The fraction of sp³-hybridized carbons (Fsp3) is 0.529. The van der Waals surface area contributed by atoms with Gasteiger partial charge in [-0.3, -0.25) is 9.59 Å². The summed E-state index contributed by atoms with van der Waals surface area (Å²) in [5.74, 6) is -0.251. The lowest BCUT2D eigenvalue weighted by Gasteiger charge is -2.32. The van der Waals surface area contributed by atoms with Crippen LogP contribution in [0.5, 0.6) is 0 Å². The summed E-state index contributed by atoms with van der Waals surface area (Å²) in [5, 5.41) is 2.94. The third-order valence-electron chi connectivity index (χ3n) is 4.30. The molecule has 1 unspecified atom stereocenters. The highest BCUT2D eigenvalue weighted by Crippen LogP contribution is 2.14. The lowest BCUT2D eigenvalue weighted by Crippen LogP contribution is -3.18. The number of quaternary nitrogens is 1. The molecule has 1 aliphatic rings. The van der Waals surface area contributed by atoms with Gasteiger partial charge in [-0.2, -0.15) is 0 Å². The maximum absolute atomic E-state index is 12.4. The second-order valence-corrected chi connectivity index (χ2v) is 6.84. The molecule has 6 heteroatoms. The number of esters is 1. The summed E-state index contributed by atoms with van der Waals surface area (Å²) < 4.78 is 6.09. The Morgan fingerprint density at radius 2 is 2.09 bits per heavy atom. The molecule has 1 aromatic carbocycles. The van der Waals surface area contributed by atoms with Crippen molar-refractivity contribution in [1.29, 1.82) is 0 Å². The molecular formula is C17H24BrN2O3+. The zero-order chi connectivity index (χ0) is 16.8. The van der Waals surface area contributed by atoms with E-state index in [1.165, 1.54) is 0 Å². The van der Waals surface area contributed by atoms with E-state index in [2.05, 4.69) is 21.2 Å². The summed E-state index contributed by atoms with van der Waals surface area (Å²) in [5.41, 5.74) is 0.781. The molecule has 0 radical (unpaired) electrons. The second kappa shape index (κ2) is 8.45. The van der Waals surface area contributed by atoms with Gasteiger partial charge in [-0.1, -0.05) is 15.9 Å². The van der Waals surface area contributed by atoms with Crippen molar-refractivity contribution in [3.63, 3.8) is 0 Å². The van der Waals surface area contributed by atoms with Crippen LogP contribution in [0.3, 0.4) is 0 Å². The molecule has 126 valence electrons. The third kappa shape index (κ3) is 5.04. The van der Waals surface area contributed by atoms with E-state index < -0.39 is 0 Å². The van der Waals surface area contributed by atoms with Crippen molar-refractivity contribution in [1.82, 2.24) is 0 Å². The minimum Gasteiger partial charge on any atom is -0.466 e. The van der Waals surface area contributed by atoms with Gasteiger partial charge in [0.1, 0.15) is 5.92 Å². The van der Waals surface area contributed by atoms with Crippen LogP contribution >= 0.6 is 15.9 Å². The lowest BCUT2D eigenvalue weighted by molar-refractivity contribution is -0.921. The second-order valence-electron chi connectivity index (χ2n) is 5.92. The van der Waals surface area contributed by atoms with Crippen molar-refractivity contribution < 1.29 is 19.2 Å². The van der Waals surface area contributed by atoms with Gasteiger partial charge >= 0.3 is 5.97 Å². The molecule has 1 amide bonds. The molecule has 0 saturated carbocycles. The van der Waals surface area contributed by atoms with E-state index in [4.69, 9.17) is 4.74 Å². The first kappa shape index (κ1) is 17.9. The summed E-state index contributed by atoms with van der Waals surface area (Å²) in [6.07, 6.45) is 1.79. The highest BCUT2D eigenvalue weighted by atomic mass is 79.9. The van der Waals surface area contributed by atoms with Gasteiger partial charge in [0.2, 0.25) is 0 Å². The number of anilines is 1. The number of amides is 1. The number of carbonyl (C=O) groups is 2. The minimum atomic E-state index is -0.198. The molecule has 0 aliphatic carbocycles. The van der Waals surface area contributed by atoms with Crippen molar-refractivity contribution in [2.45, 2.75) is 32.7 Å². The molecule has 3 atom stereocenters. The number of halogens is 1. The van der Waals surface area contributed by atoms with Crippen molar-refractivity contribution >= 4 is 33.5 Å². The van der Waals surface area contributed by atoms with E-state index in [1.807, 2.05) is 38.1 Å². The first-order chi connectivity index (χ1) is 11.0. The van der Waals surface area contributed by atoms with Crippen LogP contribution in [0.2, 0.25) is 0 Å². The zero-order valence-electron chi connectivity index (χ0n) is 13.6. The molecule has 0 spiro atoms. The van der Waals surface area contributed by atoms with Crippen molar-refractivity contribution in [2.24, 2.45) is 5.92 Å². The molecule has 1 aromatic rings. The van der Waals surface area contributed by atoms with Crippen molar-refractivity contribution in [3.8, 4) is 0 Å². The number of likely N-dealkylation sites (tertiary alicyclic amines) is 1. The number of hydrogen-bond acceptors (Lipinski definition) is 3. The van der Waals surface area contributed by atoms with Gasteiger partial charge in [0, 0.05) is 10.2 Å². The number of carbonyl (C=O) groups excluding carboxylic acids is 2. The van der Waals surface area contributed by atoms with Crippen LogP contribution in [-0.4, -0.2) is 37.6 Å². The summed E-state index contributed by atoms with van der Waals surface area (Å²) in [6.45, 7) is 5.71. The van der Waals surface area contributed by atoms with Gasteiger partial charge in [0.25, 0.3) is 5.91 Å². The third-order valence-corrected chi connectivity index (χ3v) is 4.83. The number of benzene rings is 1. The minimum absolute atomic E-state index is 0.0215. The molecule has 0 aromatic heterocycles. The van der Waals surface area contributed by atoms with Crippen LogP contribution in [0.4, 0.5) is 5.69 Å². The van der Waals surface area contributed by atoms with Gasteiger partial charge in [-0.05, 0) is 51.0 Å². The fourth-order valence-electron chi connectivity index (χ4n) is 2.92. The summed E-state index contributed by atoms with van der Waals surface area (Å²) >= 11 is 3.38. The maximum atomic E-state index is 12.4. The molecule has 1 aliphatic heterocycles. The fourth-order valence-corrected chi connectivity index (χ4v) is 3.18. The standard InChI is InChI=1S/C17H23BrN2O3/c1-3-23-17(22)13-5-4-10-20(11-13)12(2)16(21)19-15-8-6-14(18)7-9-15/h6-9,12-13H,3-5,10-11H2,1-2H3,(H,19,21)/p+1/t12-,13+/m0/s1. The number of hydrogen-bond donors (Lipinski definition) is 2. The van der Waals surface area contributed by atoms with E-state index >= 15 is 0 Å². The lowest BCUT2D eigenvalue weighted by atomic mass is 9.97. The van der Waals surface area contributed by atoms with Crippen LogP contribution in [0.25, 0.3) is 0 Å². The van der Waals surface area contributed by atoms with Crippen molar-refractivity contribution in [3.05, 3.63) is 28.7 Å². The van der Waals surface area contributed by atoms with Crippen LogP contribution in [0, 0.1) is 5.92 Å². The Labute approximate surface area is 145 Å². The van der Waals surface area contributed by atoms with Gasteiger partial charge in [-0.15, -0.1) is 0 Å². The first-order valence-corrected chi connectivity index (χ1v) is 8.88. The van der Waals surface area contributed by atoms with E-state index in [9.17, 15) is 9.59 Å². The Bertz CT molecular complexity index is 547. The molecule has 0 bridgehead atoms. The van der Waals surface area contributed by atoms with Gasteiger partial charge < -0.3 is 15.0 Å². The van der Waals surface area contributed by atoms with Gasteiger partial charge in [-0.25, -0.2) is 0 Å². The number of rotatable bonds is 5. The average molecular weight is 384 g/mol. The predicted molar refractivity (Wildman–Crippen MR) is 92.3 cm³/mol. The van der Waals surface area contributed by atoms with Gasteiger partial charge in [0.05, 0.1) is 19.7 Å². The van der Waals surface area contributed by atoms with Crippen LogP contribution in [0.15, 0.2) is 28.7 Å². The molecule has 1 fully saturated rings. The molecule has 23 heavy (non-hydrogen) atoms. The van der Waals surface area contributed by atoms with Gasteiger partial charge in [0.15, 0.2) is 6.04 Å². The Balaban J connectivity index is 1.93. The number of nitrogens with one attached hydrogen (secondary N) is 2. The number of ether oxygens (including phenoxy) is 1. The Morgan fingerprint density at radius 3 is 2.74 bits per heavy atom. The maximum Gasteiger partial charge on any atom is 0.314 e. The highest BCUT2D eigenvalue weighted by Gasteiger charge is 2.34. The summed E-state index contributed by atoms with van der Waals surface area (Å²) in [4.78, 5) is 25.5. The normalized spacial score (nSPS) is 22.2. The summed E-state index contributed by atoms with van der Waals surface area (Å²) in [6, 6.07) is 7.31. The first-order valence-electron chi connectivity index (χ1n) is 8.09. The smallest absolute Gasteiger partial charge is 0.314 e. The highest BCUT2D eigenvalue weighted by molar-refractivity contribution is 9.10. The van der Waals surface area contributed by atoms with E-state index in [1.54, 1.807) is 0 Å². The SMILES string of the molecule is CCOC(=O)[C@@H]1CCC[NH+]([C@@H](C)C(=O)Nc2ccc(Br)cc2)C1. The quantitative estimate of drug-likeness (QED) is 0.759. The molecule has 5 nitrogen and oxygen atoms in total. The molecule has 2 rings (SSSR count). The van der Waals surface area contributed by atoms with Crippen LogP contribution < -0.4 is 10.2 Å². The molecule has 2 N–H and O–H groups in total. The summed E-state index contributed by atoms with van der Waals surface area (Å²) in [7, 11) is 0. The Morgan fingerprint density at radius 1 is 1.39 bits per heavy atom. The molecule has 1 saturated heterocycles. The van der Waals surface area contributed by atoms with E-state index in [0.29, 0.717) is 13.2 Å². The molecular weight excluding hydrogens is 360 g/mol. The predicted octanol–water partition coefficient (Wildman–Crippen LogP) is 1.63.